The SMILES string of the molecule is O=C(O)[C@@H](Cc1cnc[nH]1)NS(=O)(=O)c1cccnc1Cl. The lowest BCUT2D eigenvalue weighted by molar-refractivity contribution is -0.138. The highest BCUT2D eigenvalue weighted by molar-refractivity contribution is 7.89. The molecule has 10 heteroatoms. The van der Waals surface area contributed by atoms with E-state index in [1.807, 2.05) is 0 Å². The van der Waals surface area contributed by atoms with Crippen molar-refractivity contribution < 1.29 is 18.3 Å². The highest BCUT2D eigenvalue weighted by Gasteiger charge is 2.27. The maximum absolute atomic E-state index is 12.2. The van der Waals surface area contributed by atoms with Gasteiger partial charge < -0.3 is 10.1 Å². The van der Waals surface area contributed by atoms with Crippen LogP contribution in [0.4, 0.5) is 0 Å². The highest BCUT2D eigenvalue weighted by Crippen LogP contribution is 2.18. The van der Waals surface area contributed by atoms with Gasteiger partial charge in [-0.1, -0.05) is 11.6 Å². The van der Waals surface area contributed by atoms with Gasteiger partial charge in [-0.25, -0.2) is 18.4 Å². The second-order valence-corrected chi connectivity index (χ2v) is 6.13. The number of H-pyrrole nitrogens is 1. The Morgan fingerprint density at radius 2 is 2.29 bits per heavy atom. The standard InChI is InChI=1S/C11H11ClN4O4S/c12-10-9(2-1-3-14-10)21(19,20)16-8(11(17)18)4-7-5-13-6-15-7/h1-3,5-6,8,16H,4H2,(H,13,15)(H,17,18)/t8-/m1/s1. The number of aromatic amines is 1. The smallest absolute Gasteiger partial charge is 0.322 e. The Labute approximate surface area is 125 Å². The van der Waals surface area contributed by atoms with Crippen LogP contribution in [0.5, 0.6) is 0 Å². The third-order valence-electron chi connectivity index (χ3n) is 2.59. The van der Waals surface area contributed by atoms with Crippen molar-refractivity contribution in [2.75, 3.05) is 0 Å². The third kappa shape index (κ3) is 3.78. The van der Waals surface area contributed by atoms with Gasteiger partial charge in [0, 0.05) is 24.5 Å². The van der Waals surface area contributed by atoms with Gasteiger partial charge in [-0.05, 0) is 12.1 Å². The molecule has 0 radical (unpaired) electrons. The van der Waals surface area contributed by atoms with E-state index in [0.717, 1.165) is 0 Å². The van der Waals surface area contributed by atoms with Gasteiger partial charge in [-0.2, -0.15) is 4.72 Å². The molecule has 2 aromatic heterocycles. The lowest BCUT2D eigenvalue weighted by Gasteiger charge is -2.14. The minimum Gasteiger partial charge on any atom is -0.480 e. The number of aromatic nitrogens is 3. The number of carboxylic acids is 1. The number of halogens is 1. The molecule has 21 heavy (non-hydrogen) atoms. The first-order chi connectivity index (χ1) is 9.90. The minimum atomic E-state index is -4.10. The first kappa shape index (κ1) is 15.4. The summed E-state index contributed by atoms with van der Waals surface area (Å²) in [6, 6.07) is 1.28. The predicted octanol–water partition coefficient (Wildman–Crippen LogP) is 0.432. The maximum atomic E-state index is 12.2. The fourth-order valence-corrected chi connectivity index (χ4v) is 3.26. The molecule has 2 rings (SSSR count). The molecule has 0 aliphatic rings. The Morgan fingerprint density at radius 1 is 1.52 bits per heavy atom. The second-order valence-electron chi connectivity index (χ2n) is 4.09. The quantitative estimate of drug-likeness (QED) is 0.660. The van der Waals surface area contributed by atoms with Gasteiger partial charge in [0.15, 0.2) is 0 Å². The fourth-order valence-electron chi connectivity index (χ4n) is 1.62. The fraction of sp³-hybridized carbons (Fsp3) is 0.182. The normalized spacial score (nSPS) is 13.0. The van der Waals surface area contributed by atoms with Crippen LogP contribution < -0.4 is 4.72 Å². The van der Waals surface area contributed by atoms with Crippen LogP contribution in [0.2, 0.25) is 5.15 Å². The zero-order valence-electron chi connectivity index (χ0n) is 10.5. The van der Waals surface area contributed by atoms with E-state index in [4.69, 9.17) is 16.7 Å². The minimum absolute atomic E-state index is 0.0769. The summed E-state index contributed by atoms with van der Waals surface area (Å²) in [6.07, 6.45) is 4.05. The van der Waals surface area contributed by atoms with Gasteiger partial charge in [-0.3, -0.25) is 4.79 Å². The van der Waals surface area contributed by atoms with Crippen molar-refractivity contribution >= 4 is 27.6 Å². The van der Waals surface area contributed by atoms with E-state index in [2.05, 4.69) is 19.7 Å². The van der Waals surface area contributed by atoms with Crippen molar-refractivity contribution in [3.8, 4) is 0 Å². The number of hydrogen-bond donors (Lipinski definition) is 3. The van der Waals surface area contributed by atoms with Crippen molar-refractivity contribution in [3.63, 3.8) is 0 Å². The van der Waals surface area contributed by atoms with E-state index in [1.54, 1.807) is 0 Å². The summed E-state index contributed by atoms with van der Waals surface area (Å²) >= 11 is 5.72. The monoisotopic (exact) mass is 330 g/mol. The Bertz CT molecular complexity index is 732. The molecular weight excluding hydrogens is 320 g/mol. The van der Waals surface area contributed by atoms with E-state index in [1.165, 1.54) is 30.9 Å². The van der Waals surface area contributed by atoms with Crippen molar-refractivity contribution in [2.24, 2.45) is 0 Å². The number of imidazole rings is 1. The summed E-state index contributed by atoms with van der Waals surface area (Å²) in [6.45, 7) is 0. The van der Waals surface area contributed by atoms with Crippen molar-refractivity contribution in [1.82, 2.24) is 19.7 Å². The van der Waals surface area contributed by atoms with Crippen LogP contribution >= 0.6 is 11.6 Å². The topological polar surface area (TPSA) is 125 Å². The Hall–Kier alpha value is -1.97. The second kappa shape index (κ2) is 6.20. The van der Waals surface area contributed by atoms with Crippen LogP contribution in [0.3, 0.4) is 0 Å². The zero-order valence-corrected chi connectivity index (χ0v) is 12.1. The highest BCUT2D eigenvalue weighted by atomic mass is 35.5. The largest absolute Gasteiger partial charge is 0.480 e. The van der Waals surface area contributed by atoms with E-state index < -0.39 is 22.0 Å². The molecular formula is C11H11ClN4O4S. The van der Waals surface area contributed by atoms with Crippen LogP contribution in [0.25, 0.3) is 0 Å². The number of aliphatic carboxylic acids is 1. The van der Waals surface area contributed by atoms with Crippen LogP contribution in [0.15, 0.2) is 35.7 Å². The summed E-state index contributed by atoms with van der Waals surface area (Å²) in [5, 5.41) is 8.92. The molecule has 0 aromatic carbocycles. The number of sulfonamides is 1. The van der Waals surface area contributed by atoms with Gasteiger partial charge in [0.1, 0.15) is 16.1 Å². The van der Waals surface area contributed by atoms with Crippen LogP contribution in [0, 0.1) is 0 Å². The van der Waals surface area contributed by atoms with Crippen molar-refractivity contribution in [2.45, 2.75) is 17.4 Å². The van der Waals surface area contributed by atoms with Crippen LogP contribution in [-0.2, 0) is 21.2 Å². The lowest BCUT2D eigenvalue weighted by atomic mass is 10.2. The molecule has 8 nitrogen and oxygen atoms in total. The summed E-state index contributed by atoms with van der Waals surface area (Å²) in [5.74, 6) is -1.31. The number of hydrogen-bond acceptors (Lipinski definition) is 5. The average Bonchev–Trinajstić information content (AvgIpc) is 2.91. The molecule has 0 bridgehead atoms. The molecule has 0 aliphatic heterocycles. The number of carboxylic acid groups (broad SMARTS) is 1. The molecule has 0 spiro atoms. The molecule has 2 heterocycles. The number of nitrogens with one attached hydrogen (secondary N) is 2. The molecule has 0 aliphatic carbocycles. The van der Waals surface area contributed by atoms with Gasteiger partial charge in [0.2, 0.25) is 10.0 Å². The van der Waals surface area contributed by atoms with Crippen molar-refractivity contribution in [3.05, 3.63) is 41.7 Å². The Morgan fingerprint density at radius 3 is 2.86 bits per heavy atom. The third-order valence-corrected chi connectivity index (χ3v) is 4.51. The molecule has 0 amide bonds. The molecule has 0 unspecified atom stereocenters. The number of carbonyl (C=O) groups is 1. The number of rotatable bonds is 6. The Kier molecular flexibility index (Phi) is 4.56. The lowest BCUT2D eigenvalue weighted by Crippen LogP contribution is -2.42. The van der Waals surface area contributed by atoms with E-state index in [0.29, 0.717) is 5.69 Å². The van der Waals surface area contributed by atoms with Gasteiger partial charge in [-0.15, -0.1) is 0 Å². The summed E-state index contributed by atoms with van der Waals surface area (Å²) < 4.78 is 26.4. The van der Waals surface area contributed by atoms with E-state index >= 15 is 0 Å². The Balaban J connectivity index is 2.24. The van der Waals surface area contributed by atoms with Gasteiger partial charge in [0.25, 0.3) is 0 Å². The summed E-state index contributed by atoms with van der Waals surface area (Å²) in [7, 11) is -4.10. The number of pyridine rings is 1. The zero-order chi connectivity index (χ0) is 15.5. The van der Waals surface area contributed by atoms with Crippen LogP contribution in [0.1, 0.15) is 5.69 Å². The predicted molar refractivity (Wildman–Crippen MR) is 73.3 cm³/mol. The van der Waals surface area contributed by atoms with E-state index in [-0.39, 0.29) is 16.5 Å². The van der Waals surface area contributed by atoms with Gasteiger partial charge in [0.05, 0.1) is 6.33 Å². The molecule has 0 saturated carbocycles. The maximum Gasteiger partial charge on any atom is 0.322 e. The molecule has 112 valence electrons. The summed E-state index contributed by atoms with van der Waals surface area (Å²) in [4.78, 5) is 21.0. The first-order valence-electron chi connectivity index (χ1n) is 5.73. The molecule has 2 aromatic rings. The number of nitrogens with zero attached hydrogens (tertiary/aromatic N) is 2. The molecule has 3 N–H and O–H groups in total. The van der Waals surface area contributed by atoms with Crippen LogP contribution in [-0.4, -0.2) is 40.5 Å². The van der Waals surface area contributed by atoms with Gasteiger partial charge >= 0.3 is 5.97 Å². The van der Waals surface area contributed by atoms with Crippen molar-refractivity contribution in [1.29, 1.82) is 0 Å². The first-order valence-corrected chi connectivity index (χ1v) is 7.59. The molecule has 1 atom stereocenters. The summed E-state index contributed by atoms with van der Waals surface area (Å²) in [5.41, 5.74) is 0.488. The molecule has 0 saturated heterocycles. The molecule has 0 fully saturated rings. The average molecular weight is 331 g/mol. The van der Waals surface area contributed by atoms with E-state index in [9.17, 15) is 13.2 Å².